The molecule has 1 aromatic carbocycles. The van der Waals surface area contributed by atoms with Gasteiger partial charge in [0, 0.05) is 32.6 Å². The van der Waals surface area contributed by atoms with Gasteiger partial charge in [0.15, 0.2) is 0 Å². The fourth-order valence-corrected chi connectivity index (χ4v) is 3.51. The number of carbonyl (C=O) groups is 1. The van der Waals surface area contributed by atoms with E-state index in [0.29, 0.717) is 18.2 Å². The first-order valence-corrected chi connectivity index (χ1v) is 9.09. The zero-order valence-corrected chi connectivity index (χ0v) is 14.6. The fraction of sp³-hybridized carbons (Fsp3) is 0.556. The molecule has 1 aliphatic heterocycles. The molecule has 2 fully saturated rings. The largest absolute Gasteiger partial charge is 0.339 e. The van der Waals surface area contributed by atoms with Crippen LogP contribution in [0.1, 0.15) is 26.2 Å². The molecule has 7 heteroatoms. The number of carbonyl (C=O) groups excluding carboxylic acids is 1. The molecule has 2 heterocycles. The van der Waals surface area contributed by atoms with E-state index in [1.165, 1.54) is 12.8 Å². The van der Waals surface area contributed by atoms with Crippen molar-refractivity contribution in [1.29, 1.82) is 0 Å². The number of amides is 1. The molecule has 1 unspecified atom stereocenters. The van der Waals surface area contributed by atoms with E-state index in [1.54, 1.807) is 4.68 Å². The van der Waals surface area contributed by atoms with Crippen LogP contribution in [0.3, 0.4) is 0 Å². The normalized spacial score (nSPS) is 19.1. The Morgan fingerprint density at radius 1 is 1.16 bits per heavy atom. The summed E-state index contributed by atoms with van der Waals surface area (Å²) in [5.41, 5.74) is 0.944. The molecule has 7 nitrogen and oxygen atoms in total. The second-order valence-corrected chi connectivity index (χ2v) is 7.11. The van der Waals surface area contributed by atoms with Crippen molar-refractivity contribution < 1.29 is 4.79 Å². The van der Waals surface area contributed by atoms with E-state index in [-0.39, 0.29) is 0 Å². The summed E-state index contributed by atoms with van der Waals surface area (Å²) in [5, 5.41) is 12.1. The zero-order valence-electron chi connectivity index (χ0n) is 14.6. The van der Waals surface area contributed by atoms with Gasteiger partial charge in [-0.15, -0.1) is 0 Å². The number of aromatic nitrogens is 4. The number of para-hydroxylation sites is 1. The molecule has 1 saturated carbocycles. The van der Waals surface area contributed by atoms with Gasteiger partial charge in [-0.05, 0) is 47.2 Å². The van der Waals surface area contributed by atoms with Crippen molar-refractivity contribution in [1.82, 2.24) is 25.1 Å². The molecule has 1 aliphatic carbocycles. The maximum absolute atomic E-state index is 12.5. The highest BCUT2D eigenvalue weighted by Gasteiger charge is 2.31. The van der Waals surface area contributed by atoms with Crippen LogP contribution in [-0.4, -0.2) is 57.2 Å². The summed E-state index contributed by atoms with van der Waals surface area (Å²) in [4.78, 5) is 16.6. The number of piperazine rings is 1. The molecule has 4 rings (SSSR count). The highest BCUT2D eigenvalue weighted by molar-refractivity contribution is 5.76. The molecule has 0 spiro atoms. The SMILES string of the molecule is CC(CC(=O)N1CCN(c2nnnn2-c2ccccc2)CC1)C1CC1. The second kappa shape index (κ2) is 6.82. The highest BCUT2D eigenvalue weighted by Crippen LogP contribution is 2.38. The van der Waals surface area contributed by atoms with Gasteiger partial charge >= 0.3 is 0 Å². The zero-order chi connectivity index (χ0) is 17.2. The molecule has 132 valence electrons. The van der Waals surface area contributed by atoms with Crippen molar-refractivity contribution in [2.45, 2.75) is 26.2 Å². The molecular formula is C18H24N6O. The molecule has 1 atom stereocenters. The van der Waals surface area contributed by atoms with Crippen LogP contribution >= 0.6 is 0 Å². The summed E-state index contributed by atoms with van der Waals surface area (Å²) in [7, 11) is 0. The molecule has 2 aliphatic rings. The number of rotatable bonds is 5. The van der Waals surface area contributed by atoms with Crippen LogP contribution in [0.15, 0.2) is 30.3 Å². The fourth-order valence-electron chi connectivity index (χ4n) is 3.51. The van der Waals surface area contributed by atoms with Crippen LogP contribution in [0, 0.1) is 11.8 Å². The van der Waals surface area contributed by atoms with Crippen LogP contribution in [0.5, 0.6) is 0 Å². The maximum atomic E-state index is 12.5. The van der Waals surface area contributed by atoms with Gasteiger partial charge < -0.3 is 9.80 Å². The minimum Gasteiger partial charge on any atom is -0.339 e. The summed E-state index contributed by atoms with van der Waals surface area (Å²) in [6.07, 6.45) is 3.28. The van der Waals surface area contributed by atoms with Gasteiger partial charge in [0.25, 0.3) is 0 Å². The van der Waals surface area contributed by atoms with E-state index in [0.717, 1.165) is 43.7 Å². The highest BCUT2D eigenvalue weighted by atomic mass is 16.2. The molecule has 1 amide bonds. The Labute approximate surface area is 147 Å². The van der Waals surface area contributed by atoms with Gasteiger partial charge in [-0.25, -0.2) is 0 Å². The van der Waals surface area contributed by atoms with Crippen LogP contribution in [-0.2, 0) is 4.79 Å². The minimum atomic E-state index is 0.293. The number of nitrogens with zero attached hydrogens (tertiary/aromatic N) is 6. The van der Waals surface area contributed by atoms with Gasteiger partial charge in [0.1, 0.15) is 0 Å². The standard InChI is InChI=1S/C18H24N6O/c1-14(15-7-8-15)13-17(25)22-9-11-23(12-10-22)18-19-20-21-24(18)16-5-3-2-4-6-16/h2-6,14-15H,7-13H2,1H3. The third-order valence-corrected chi connectivity index (χ3v) is 5.29. The van der Waals surface area contributed by atoms with E-state index in [1.807, 2.05) is 35.2 Å². The number of hydrogen-bond donors (Lipinski definition) is 0. The Hall–Kier alpha value is -2.44. The Balaban J connectivity index is 1.38. The first-order chi connectivity index (χ1) is 12.2. The second-order valence-electron chi connectivity index (χ2n) is 7.11. The summed E-state index contributed by atoms with van der Waals surface area (Å²) >= 11 is 0. The molecule has 0 N–H and O–H groups in total. The third kappa shape index (κ3) is 3.50. The predicted octanol–water partition coefficient (Wildman–Crippen LogP) is 1.75. The van der Waals surface area contributed by atoms with E-state index in [9.17, 15) is 4.79 Å². The third-order valence-electron chi connectivity index (χ3n) is 5.29. The van der Waals surface area contributed by atoms with E-state index in [4.69, 9.17) is 0 Å². The number of benzene rings is 1. The summed E-state index contributed by atoms with van der Waals surface area (Å²) in [6, 6.07) is 9.88. The summed E-state index contributed by atoms with van der Waals surface area (Å²) in [6.45, 7) is 5.20. The quantitative estimate of drug-likeness (QED) is 0.829. The Morgan fingerprint density at radius 2 is 1.88 bits per heavy atom. The van der Waals surface area contributed by atoms with Gasteiger partial charge in [-0.1, -0.05) is 30.2 Å². The lowest BCUT2D eigenvalue weighted by atomic mass is 10.0. The van der Waals surface area contributed by atoms with Crippen molar-refractivity contribution in [2.75, 3.05) is 31.1 Å². The minimum absolute atomic E-state index is 0.293. The van der Waals surface area contributed by atoms with Crippen LogP contribution < -0.4 is 4.90 Å². The van der Waals surface area contributed by atoms with E-state index < -0.39 is 0 Å². The first kappa shape index (κ1) is 16.1. The van der Waals surface area contributed by atoms with E-state index in [2.05, 4.69) is 27.3 Å². The average Bonchev–Trinajstić information content (AvgIpc) is 3.39. The average molecular weight is 340 g/mol. The number of anilines is 1. The monoisotopic (exact) mass is 340 g/mol. The number of hydrogen-bond acceptors (Lipinski definition) is 5. The Kier molecular flexibility index (Phi) is 4.38. The van der Waals surface area contributed by atoms with Crippen molar-refractivity contribution in [2.24, 2.45) is 11.8 Å². The van der Waals surface area contributed by atoms with Crippen molar-refractivity contribution in [3.8, 4) is 5.69 Å². The van der Waals surface area contributed by atoms with Gasteiger partial charge in [-0.3, -0.25) is 4.79 Å². The predicted molar refractivity (Wildman–Crippen MR) is 94.5 cm³/mol. The van der Waals surface area contributed by atoms with Gasteiger partial charge in [0.2, 0.25) is 11.9 Å². The lowest BCUT2D eigenvalue weighted by Gasteiger charge is -2.35. The maximum Gasteiger partial charge on any atom is 0.250 e. The van der Waals surface area contributed by atoms with Crippen molar-refractivity contribution in [3.05, 3.63) is 30.3 Å². The molecule has 0 radical (unpaired) electrons. The molecule has 1 aromatic heterocycles. The van der Waals surface area contributed by atoms with Crippen LogP contribution in [0.2, 0.25) is 0 Å². The summed E-state index contributed by atoms with van der Waals surface area (Å²) < 4.78 is 1.76. The van der Waals surface area contributed by atoms with Crippen LogP contribution in [0.25, 0.3) is 5.69 Å². The van der Waals surface area contributed by atoms with Gasteiger partial charge in [0.05, 0.1) is 5.69 Å². The first-order valence-electron chi connectivity index (χ1n) is 9.09. The molecule has 25 heavy (non-hydrogen) atoms. The van der Waals surface area contributed by atoms with Crippen LogP contribution in [0.4, 0.5) is 5.95 Å². The Bertz CT molecular complexity index is 718. The Morgan fingerprint density at radius 3 is 2.56 bits per heavy atom. The molecule has 2 aromatic rings. The lowest BCUT2D eigenvalue weighted by Crippen LogP contribution is -2.49. The smallest absolute Gasteiger partial charge is 0.250 e. The number of tetrazole rings is 1. The topological polar surface area (TPSA) is 67.2 Å². The molecule has 1 saturated heterocycles. The molecule has 0 bridgehead atoms. The van der Waals surface area contributed by atoms with E-state index >= 15 is 0 Å². The summed E-state index contributed by atoms with van der Waals surface area (Å²) in [5.74, 6) is 2.34. The molecular weight excluding hydrogens is 316 g/mol. The van der Waals surface area contributed by atoms with Crippen molar-refractivity contribution >= 4 is 11.9 Å². The lowest BCUT2D eigenvalue weighted by molar-refractivity contribution is -0.132. The van der Waals surface area contributed by atoms with Crippen molar-refractivity contribution in [3.63, 3.8) is 0 Å². The van der Waals surface area contributed by atoms with Gasteiger partial charge in [-0.2, -0.15) is 4.68 Å².